The number of hydrogen-bond donors (Lipinski definition) is 1. The Bertz CT molecular complexity index is 829. The number of allylic oxidation sites excluding steroid dienone is 1. The third-order valence-electron chi connectivity index (χ3n) is 4.38. The third-order valence-corrected chi connectivity index (χ3v) is 5.03. The minimum absolute atomic E-state index is 0.232. The fraction of sp³-hybridized carbons (Fsp3) is 0.421. The van der Waals surface area contributed by atoms with Crippen LogP contribution in [0.15, 0.2) is 41.2 Å². The summed E-state index contributed by atoms with van der Waals surface area (Å²) in [5.74, 6) is -0.873. The first-order valence-electron chi connectivity index (χ1n) is 8.82. The van der Waals surface area contributed by atoms with Gasteiger partial charge in [0.15, 0.2) is 17.5 Å². The number of esters is 1. The Morgan fingerprint density at radius 2 is 2.23 bits per heavy atom. The molecule has 0 radical (unpaired) electrons. The standard InChI is InChI=1S/C19H23N3O3S/c1-26-19-21-17(15-9-5-6-12-22(15)19)18(24)25-13-16(23)20-11-10-14-7-3-2-4-8-14/h5-7,9,12H,2-4,8,10-11,13H2,1H3,(H,20,23). The van der Waals surface area contributed by atoms with Gasteiger partial charge in [-0.1, -0.05) is 29.5 Å². The van der Waals surface area contributed by atoms with Crippen LogP contribution in [0.3, 0.4) is 0 Å². The molecule has 26 heavy (non-hydrogen) atoms. The van der Waals surface area contributed by atoms with Crippen LogP contribution < -0.4 is 5.32 Å². The molecule has 0 aliphatic heterocycles. The molecule has 3 rings (SSSR count). The molecule has 138 valence electrons. The minimum atomic E-state index is -0.584. The number of imidazole rings is 1. The number of nitrogens with one attached hydrogen (secondary N) is 1. The van der Waals surface area contributed by atoms with E-state index in [1.165, 1.54) is 30.2 Å². The monoisotopic (exact) mass is 373 g/mol. The SMILES string of the molecule is CSc1nc(C(=O)OCC(=O)NCCC2=CCCCC2)c2ccccn12. The van der Waals surface area contributed by atoms with Crippen LogP contribution in [0.5, 0.6) is 0 Å². The predicted molar refractivity (Wildman–Crippen MR) is 101 cm³/mol. The first kappa shape index (κ1) is 18.5. The number of carbonyl (C=O) groups excluding carboxylic acids is 2. The summed E-state index contributed by atoms with van der Waals surface area (Å²) in [6.07, 6.45) is 11.6. The highest BCUT2D eigenvalue weighted by Gasteiger charge is 2.19. The summed E-state index contributed by atoms with van der Waals surface area (Å²) in [6, 6.07) is 5.52. The summed E-state index contributed by atoms with van der Waals surface area (Å²) >= 11 is 1.44. The minimum Gasteiger partial charge on any atom is -0.451 e. The van der Waals surface area contributed by atoms with Crippen LogP contribution in [-0.2, 0) is 9.53 Å². The number of hydrogen-bond acceptors (Lipinski definition) is 5. The molecule has 0 fully saturated rings. The molecule has 2 aromatic heterocycles. The van der Waals surface area contributed by atoms with Crippen LogP contribution in [0.4, 0.5) is 0 Å². The van der Waals surface area contributed by atoms with E-state index in [0.29, 0.717) is 17.2 Å². The highest BCUT2D eigenvalue weighted by atomic mass is 32.2. The fourth-order valence-electron chi connectivity index (χ4n) is 3.05. The number of pyridine rings is 1. The summed E-state index contributed by atoms with van der Waals surface area (Å²) in [6.45, 7) is 0.282. The van der Waals surface area contributed by atoms with Crippen LogP contribution in [0.25, 0.3) is 5.52 Å². The molecule has 2 heterocycles. The summed E-state index contributed by atoms with van der Waals surface area (Å²) in [7, 11) is 0. The average molecular weight is 373 g/mol. The lowest BCUT2D eigenvalue weighted by Gasteiger charge is -2.12. The fourth-order valence-corrected chi connectivity index (χ4v) is 3.59. The maximum absolute atomic E-state index is 12.3. The van der Waals surface area contributed by atoms with Gasteiger partial charge in [0.05, 0.1) is 5.52 Å². The maximum atomic E-state index is 12.3. The van der Waals surface area contributed by atoms with Crippen LogP contribution >= 0.6 is 11.8 Å². The Morgan fingerprint density at radius 1 is 1.35 bits per heavy atom. The van der Waals surface area contributed by atoms with Crippen molar-refractivity contribution in [2.24, 2.45) is 0 Å². The van der Waals surface area contributed by atoms with Crippen molar-refractivity contribution in [3.8, 4) is 0 Å². The van der Waals surface area contributed by atoms with E-state index in [1.54, 1.807) is 6.07 Å². The molecular weight excluding hydrogens is 350 g/mol. The number of fused-ring (bicyclic) bond motifs is 1. The molecule has 7 heteroatoms. The van der Waals surface area contributed by atoms with E-state index in [9.17, 15) is 9.59 Å². The Balaban J connectivity index is 1.51. The van der Waals surface area contributed by atoms with Gasteiger partial charge in [-0.05, 0) is 50.5 Å². The molecule has 1 N–H and O–H groups in total. The zero-order valence-corrected chi connectivity index (χ0v) is 15.7. The van der Waals surface area contributed by atoms with Crippen molar-refractivity contribution < 1.29 is 14.3 Å². The van der Waals surface area contributed by atoms with Crippen molar-refractivity contribution in [3.05, 3.63) is 41.7 Å². The Morgan fingerprint density at radius 3 is 3.00 bits per heavy atom. The Hall–Kier alpha value is -2.28. The molecule has 1 aliphatic carbocycles. The summed E-state index contributed by atoms with van der Waals surface area (Å²) in [5.41, 5.74) is 2.31. The molecule has 0 aromatic carbocycles. The van der Waals surface area contributed by atoms with Crippen molar-refractivity contribution >= 4 is 29.2 Å². The van der Waals surface area contributed by atoms with Crippen LogP contribution in [0.1, 0.15) is 42.6 Å². The topological polar surface area (TPSA) is 72.7 Å². The van der Waals surface area contributed by atoms with Gasteiger partial charge in [-0.3, -0.25) is 9.20 Å². The lowest BCUT2D eigenvalue weighted by Crippen LogP contribution is -2.30. The van der Waals surface area contributed by atoms with E-state index < -0.39 is 5.97 Å². The van der Waals surface area contributed by atoms with Crippen LogP contribution in [0, 0.1) is 0 Å². The molecule has 0 bridgehead atoms. The summed E-state index contributed by atoms with van der Waals surface area (Å²) in [4.78, 5) is 28.5. The number of aromatic nitrogens is 2. The van der Waals surface area contributed by atoms with Crippen molar-refractivity contribution in [2.75, 3.05) is 19.4 Å². The maximum Gasteiger partial charge on any atom is 0.359 e. The summed E-state index contributed by atoms with van der Waals surface area (Å²) in [5, 5.41) is 3.51. The number of amides is 1. The molecule has 0 unspecified atom stereocenters. The molecule has 0 saturated carbocycles. The van der Waals surface area contributed by atoms with E-state index in [4.69, 9.17) is 4.74 Å². The second-order valence-corrected chi connectivity index (χ2v) is 6.96. The Kier molecular flexibility index (Phi) is 6.33. The highest BCUT2D eigenvalue weighted by Crippen LogP contribution is 2.21. The number of nitrogens with zero attached hydrogens (tertiary/aromatic N) is 2. The quantitative estimate of drug-likeness (QED) is 0.458. The number of ether oxygens (including phenoxy) is 1. The van der Waals surface area contributed by atoms with Crippen LogP contribution in [-0.4, -0.2) is 40.7 Å². The van der Waals surface area contributed by atoms with Gasteiger partial charge >= 0.3 is 5.97 Å². The van der Waals surface area contributed by atoms with Gasteiger partial charge in [-0.15, -0.1) is 0 Å². The molecule has 0 spiro atoms. The van der Waals surface area contributed by atoms with Crippen LogP contribution in [0.2, 0.25) is 0 Å². The molecule has 0 saturated heterocycles. The molecule has 1 aliphatic rings. The van der Waals surface area contributed by atoms with Crippen molar-refractivity contribution in [3.63, 3.8) is 0 Å². The predicted octanol–water partition coefficient (Wildman–Crippen LogP) is 3.22. The molecule has 1 amide bonds. The lowest BCUT2D eigenvalue weighted by molar-refractivity contribution is -0.124. The molecular formula is C19H23N3O3S. The van der Waals surface area contributed by atoms with E-state index in [0.717, 1.165) is 19.3 Å². The van der Waals surface area contributed by atoms with Gasteiger partial charge in [-0.25, -0.2) is 9.78 Å². The van der Waals surface area contributed by atoms with E-state index >= 15 is 0 Å². The van der Waals surface area contributed by atoms with Gasteiger partial charge in [-0.2, -0.15) is 0 Å². The number of carbonyl (C=O) groups is 2. The first-order valence-corrected chi connectivity index (χ1v) is 10.0. The second-order valence-electron chi connectivity index (χ2n) is 6.19. The van der Waals surface area contributed by atoms with Gasteiger partial charge in [0.25, 0.3) is 5.91 Å². The van der Waals surface area contributed by atoms with E-state index in [2.05, 4.69) is 16.4 Å². The third kappa shape index (κ3) is 4.46. The normalized spacial score (nSPS) is 14.1. The van der Waals surface area contributed by atoms with Gasteiger partial charge in [0.1, 0.15) is 0 Å². The van der Waals surface area contributed by atoms with Gasteiger partial charge in [0, 0.05) is 12.7 Å². The average Bonchev–Trinajstić information content (AvgIpc) is 3.06. The number of rotatable bonds is 7. The Labute approximate surface area is 157 Å². The zero-order chi connectivity index (χ0) is 18.4. The number of thioether (sulfide) groups is 1. The second kappa shape index (κ2) is 8.89. The van der Waals surface area contributed by atoms with Crippen molar-refractivity contribution in [1.82, 2.24) is 14.7 Å². The highest BCUT2D eigenvalue weighted by molar-refractivity contribution is 7.98. The van der Waals surface area contributed by atoms with Crippen molar-refractivity contribution in [2.45, 2.75) is 37.3 Å². The smallest absolute Gasteiger partial charge is 0.359 e. The molecule has 6 nitrogen and oxygen atoms in total. The summed E-state index contributed by atoms with van der Waals surface area (Å²) < 4.78 is 6.98. The first-order chi connectivity index (χ1) is 12.7. The lowest BCUT2D eigenvalue weighted by atomic mass is 9.97. The van der Waals surface area contributed by atoms with Gasteiger partial charge in [0.2, 0.25) is 0 Å². The molecule has 0 atom stereocenters. The largest absolute Gasteiger partial charge is 0.451 e. The van der Waals surface area contributed by atoms with Crippen molar-refractivity contribution in [1.29, 1.82) is 0 Å². The zero-order valence-electron chi connectivity index (χ0n) is 14.9. The van der Waals surface area contributed by atoms with E-state index in [1.807, 2.05) is 29.0 Å². The van der Waals surface area contributed by atoms with E-state index in [-0.39, 0.29) is 18.2 Å². The van der Waals surface area contributed by atoms with Gasteiger partial charge < -0.3 is 10.1 Å². The molecule has 2 aromatic rings.